The highest BCUT2D eigenvalue weighted by molar-refractivity contribution is 7.92. The number of ether oxygens (including phenoxy) is 2. The van der Waals surface area contributed by atoms with Crippen LogP contribution in [0.2, 0.25) is 0 Å². The van der Waals surface area contributed by atoms with Gasteiger partial charge < -0.3 is 19.7 Å². The SMILES string of the molecule is CNC(=O)[C@@H](Cc1ccccc1)N(Cc1ccc(F)cc1)C(=O)CN(c1cc(C)cc(C)c1)S(=O)(=O)c1ccc(OC)c(OC)c1. The minimum atomic E-state index is -4.36. The maximum absolute atomic E-state index is 14.4. The van der Waals surface area contributed by atoms with Crippen molar-refractivity contribution in [2.24, 2.45) is 0 Å². The summed E-state index contributed by atoms with van der Waals surface area (Å²) in [4.78, 5) is 29.1. The molecule has 1 N–H and O–H groups in total. The number of carbonyl (C=O) groups excluding carboxylic acids is 2. The predicted molar refractivity (Wildman–Crippen MR) is 175 cm³/mol. The van der Waals surface area contributed by atoms with Crippen molar-refractivity contribution in [2.75, 3.05) is 32.1 Å². The van der Waals surface area contributed by atoms with E-state index in [9.17, 15) is 22.4 Å². The molecule has 0 saturated heterocycles. The molecule has 1 atom stereocenters. The van der Waals surface area contributed by atoms with Crippen molar-refractivity contribution >= 4 is 27.5 Å². The first kappa shape index (κ1) is 34.0. The molecule has 11 heteroatoms. The molecular formula is C35H38FN3O6S. The van der Waals surface area contributed by atoms with E-state index in [1.54, 1.807) is 12.1 Å². The molecule has 9 nitrogen and oxygen atoms in total. The van der Waals surface area contributed by atoms with Crippen molar-refractivity contribution < 1.29 is 31.9 Å². The monoisotopic (exact) mass is 647 g/mol. The molecule has 46 heavy (non-hydrogen) atoms. The van der Waals surface area contributed by atoms with Gasteiger partial charge in [-0.1, -0.05) is 48.5 Å². The second-order valence-corrected chi connectivity index (χ2v) is 12.7. The van der Waals surface area contributed by atoms with E-state index < -0.39 is 40.2 Å². The molecule has 0 aromatic heterocycles. The molecule has 0 aliphatic rings. The van der Waals surface area contributed by atoms with Crippen LogP contribution in [0.1, 0.15) is 22.3 Å². The molecule has 0 bridgehead atoms. The quantitative estimate of drug-likeness (QED) is 0.218. The van der Waals surface area contributed by atoms with Crippen molar-refractivity contribution in [3.05, 3.63) is 119 Å². The number of nitrogens with one attached hydrogen (secondary N) is 1. The van der Waals surface area contributed by atoms with E-state index in [4.69, 9.17) is 9.47 Å². The van der Waals surface area contributed by atoms with Gasteiger partial charge >= 0.3 is 0 Å². The van der Waals surface area contributed by atoms with Crippen molar-refractivity contribution in [3.63, 3.8) is 0 Å². The number of halogens is 1. The fraction of sp³-hybridized carbons (Fsp3) is 0.257. The van der Waals surface area contributed by atoms with Crippen LogP contribution in [0.25, 0.3) is 0 Å². The number of sulfonamides is 1. The van der Waals surface area contributed by atoms with Crippen molar-refractivity contribution in [3.8, 4) is 11.5 Å². The van der Waals surface area contributed by atoms with Gasteiger partial charge in [0.05, 0.1) is 24.8 Å². The molecule has 0 saturated carbocycles. The lowest BCUT2D eigenvalue weighted by Gasteiger charge is -2.33. The second-order valence-electron chi connectivity index (χ2n) is 10.8. The number of rotatable bonds is 13. The van der Waals surface area contributed by atoms with E-state index >= 15 is 0 Å². The fourth-order valence-corrected chi connectivity index (χ4v) is 6.65. The van der Waals surface area contributed by atoms with Gasteiger partial charge in [0.15, 0.2) is 11.5 Å². The van der Waals surface area contributed by atoms with Crippen molar-refractivity contribution in [1.82, 2.24) is 10.2 Å². The van der Waals surface area contributed by atoms with Crippen LogP contribution in [0.5, 0.6) is 11.5 Å². The Morgan fingerprint density at radius 3 is 2.04 bits per heavy atom. The summed E-state index contributed by atoms with van der Waals surface area (Å²) in [7, 11) is -0.0399. The van der Waals surface area contributed by atoms with Crippen LogP contribution in [0.3, 0.4) is 0 Å². The number of hydrogen-bond acceptors (Lipinski definition) is 6. The normalized spacial score (nSPS) is 11.8. The molecule has 4 rings (SSSR count). The number of nitrogens with zero attached hydrogens (tertiary/aromatic N) is 2. The molecule has 0 radical (unpaired) electrons. The zero-order chi connectivity index (χ0) is 33.4. The molecule has 4 aromatic rings. The number of likely N-dealkylation sites (N-methyl/N-ethyl adjacent to an activating group) is 1. The fourth-order valence-electron chi connectivity index (χ4n) is 5.23. The van der Waals surface area contributed by atoms with E-state index in [0.717, 1.165) is 21.0 Å². The molecule has 4 aromatic carbocycles. The van der Waals surface area contributed by atoms with Crippen LogP contribution in [0.4, 0.5) is 10.1 Å². The van der Waals surface area contributed by atoms with E-state index in [-0.39, 0.29) is 29.3 Å². The summed E-state index contributed by atoms with van der Waals surface area (Å²) in [6.07, 6.45) is 0.166. The maximum Gasteiger partial charge on any atom is 0.264 e. The number of anilines is 1. The Kier molecular flexibility index (Phi) is 11.0. The molecule has 0 aliphatic heterocycles. The van der Waals surface area contributed by atoms with Crippen LogP contribution in [-0.2, 0) is 32.6 Å². The number of benzene rings is 4. The highest BCUT2D eigenvalue weighted by Gasteiger charge is 2.35. The lowest BCUT2D eigenvalue weighted by atomic mass is 10.0. The maximum atomic E-state index is 14.4. The summed E-state index contributed by atoms with van der Waals surface area (Å²) in [6.45, 7) is 2.98. The van der Waals surface area contributed by atoms with Crippen LogP contribution in [-0.4, -0.2) is 59.0 Å². The Labute approximate surface area is 269 Å². The topological polar surface area (TPSA) is 105 Å². The van der Waals surface area contributed by atoms with E-state index in [2.05, 4.69) is 5.32 Å². The molecule has 0 aliphatic carbocycles. The van der Waals surface area contributed by atoms with E-state index in [0.29, 0.717) is 11.3 Å². The van der Waals surface area contributed by atoms with Gasteiger partial charge in [-0.2, -0.15) is 0 Å². The number of amides is 2. The third-order valence-corrected chi connectivity index (χ3v) is 9.27. The lowest BCUT2D eigenvalue weighted by Crippen LogP contribution is -2.53. The number of carbonyl (C=O) groups is 2. The summed E-state index contributed by atoms with van der Waals surface area (Å²) in [5.41, 5.74) is 3.24. The third-order valence-electron chi connectivity index (χ3n) is 7.50. The Morgan fingerprint density at radius 1 is 0.826 bits per heavy atom. The molecule has 0 fully saturated rings. The third kappa shape index (κ3) is 8.02. The zero-order valence-electron chi connectivity index (χ0n) is 26.5. The lowest BCUT2D eigenvalue weighted by molar-refractivity contribution is -0.139. The second kappa shape index (κ2) is 14.9. The number of methoxy groups -OCH3 is 2. The highest BCUT2D eigenvalue weighted by atomic mass is 32.2. The van der Waals surface area contributed by atoms with Gasteiger partial charge in [0.2, 0.25) is 11.8 Å². The molecule has 0 unspecified atom stereocenters. The molecular weight excluding hydrogens is 609 g/mol. The minimum absolute atomic E-state index is 0.0683. The van der Waals surface area contributed by atoms with Crippen LogP contribution in [0.15, 0.2) is 95.9 Å². The number of aryl methyl sites for hydroxylation is 2. The Balaban J connectivity index is 1.83. The van der Waals surface area contributed by atoms with E-state index in [1.807, 2.05) is 50.2 Å². The minimum Gasteiger partial charge on any atom is -0.493 e. The highest BCUT2D eigenvalue weighted by Crippen LogP contribution is 2.33. The smallest absolute Gasteiger partial charge is 0.264 e. The van der Waals surface area contributed by atoms with Crippen LogP contribution in [0, 0.1) is 19.7 Å². The molecule has 0 heterocycles. The largest absolute Gasteiger partial charge is 0.493 e. The first-order valence-corrected chi connectivity index (χ1v) is 16.0. The Hall–Kier alpha value is -4.90. The summed E-state index contributed by atoms with van der Waals surface area (Å²) >= 11 is 0. The summed E-state index contributed by atoms with van der Waals surface area (Å²) in [5, 5.41) is 2.64. The average molecular weight is 648 g/mol. The van der Waals surface area contributed by atoms with Gasteiger partial charge in [0.25, 0.3) is 10.0 Å². The van der Waals surface area contributed by atoms with E-state index in [1.165, 1.54) is 68.6 Å². The van der Waals surface area contributed by atoms with Gasteiger partial charge in [-0.25, -0.2) is 12.8 Å². The molecule has 2 amide bonds. The molecule has 242 valence electrons. The zero-order valence-corrected chi connectivity index (χ0v) is 27.3. The van der Waals surface area contributed by atoms with Crippen molar-refractivity contribution in [2.45, 2.75) is 37.8 Å². The van der Waals surface area contributed by atoms with Gasteiger partial charge in [-0.15, -0.1) is 0 Å². The Bertz CT molecular complexity index is 1760. The first-order chi connectivity index (χ1) is 22.0. The van der Waals surface area contributed by atoms with Gasteiger partial charge in [0.1, 0.15) is 18.4 Å². The summed E-state index contributed by atoms with van der Waals surface area (Å²) in [5.74, 6) is -0.959. The predicted octanol–water partition coefficient (Wildman–Crippen LogP) is 5.04. The van der Waals surface area contributed by atoms with Crippen LogP contribution >= 0.6 is 0 Å². The first-order valence-electron chi connectivity index (χ1n) is 14.6. The van der Waals surface area contributed by atoms with Crippen LogP contribution < -0.4 is 19.1 Å². The number of hydrogen-bond donors (Lipinski definition) is 1. The standard InChI is InChI=1S/C35H38FN3O6S/c1-24-17-25(2)19-29(18-24)39(46(42,43)30-15-16-32(44-4)33(21-30)45-5)23-34(40)38(22-27-11-13-28(36)14-12-27)31(35(41)37-3)20-26-9-7-6-8-10-26/h6-19,21,31H,20,22-23H2,1-5H3,(H,37,41)/t31-/m1/s1. The summed E-state index contributed by atoms with van der Waals surface area (Å²) < 4.78 is 54.2. The van der Waals surface area contributed by atoms with Crippen molar-refractivity contribution in [1.29, 1.82) is 0 Å². The van der Waals surface area contributed by atoms with Gasteiger partial charge in [-0.3, -0.25) is 13.9 Å². The summed E-state index contributed by atoms with van der Waals surface area (Å²) in [6, 6.07) is 23.3. The Morgan fingerprint density at radius 2 is 1.46 bits per heavy atom. The van der Waals surface area contributed by atoms with Gasteiger partial charge in [0, 0.05) is 26.1 Å². The average Bonchev–Trinajstić information content (AvgIpc) is 3.05. The van der Waals surface area contributed by atoms with Gasteiger partial charge in [-0.05, 0) is 72.5 Å². The molecule has 0 spiro atoms.